The molecule has 3 N–H and O–H groups in total. The van der Waals surface area contributed by atoms with E-state index in [1.54, 1.807) is 6.82 Å². The molecule has 2 rings (SSSR count). The molecule has 0 radical (unpaired) electrons. The third-order valence-corrected chi connectivity index (χ3v) is 4.46. The van der Waals surface area contributed by atoms with Crippen molar-refractivity contribution in [3.05, 3.63) is 0 Å². The number of rotatable bonds is 6. The Morgan fingerprint density at radius 2 is 1.71 bits per heavy atom. The van der Waals surface area contributed by atoms with Crippen LogP contribution in [-0.4, -0.2) is 29.2 Å². The maximum Gasteiger partial charge on any atom is 0.374 e. The summed E-state index contributed by atoms with van der Waals surface area (Å²) in [6.07, 6.45) is 7.10. The standard InChI is InChI=1S/C12H22BNO3/c1-13(17)14-11(12(15)16)10(8-4-2-5-8)9-6-3-7-9/h8-11,14,17H,2-7H2,1H3,(H,15,16). The van der Waals surface area contributed by atoms with Gasteiger partial charge in [-0.15, -0.1) is 0 Å². The Balaban J connectivity index is 2.06. The van der Waals surface area contributed by atoms with Gasteiger partial charge in [-0.05, 0) is 24.6 Å². The molecule has 96 valence electrons. The first-order chi connectivity index (χ1) is 8.09. The van der Waals surface area contributed by atoms with Gasteiger partial charge in [0.05, 0.1) is 0 Å². The zero-order valence-corrected chi connectivity index (χ0v) is 10.4. The topological polar surface area (TPSA) is 69.6 Å². The second kappa shape index (κ2) is 5.40. The lowest BCUT2D eigenvalue weighted by molar-refractivity contribution is -0.143. The van der Waals surface area contributed by atoms with Gasteiger partial charge in [0.2, 0.25) is 0 Å². The van der Waals surface area contributed by atoms with Gasteiger partial charge >= 0.3 is 13.0 Å². The van der Waals surface area contributed by atoms with Crippen molar-refractivity contribution in [1.29, 1.82) is 0 Å². The summed E-state index contributed by atoms with van der Waals surface area (Å²) in [5.41, 5.74) is 0. The number of nitrogens with one attached hydrogen (secondary N) is 1. The van der Waals surface area contributed by atoms with E-state index in [0.29, 0.717) is 11.8 Å². The van der Waals surface area contributed by atoms with Crippen molar-refractivity contribution in [2.24, 2.45) is 17.8 Å². The van der Waals surface area contributed by atoms with E-state index in [1.165, 1.54) is 12.8 Å². The van der Waals surface area contributed by atoms with Crippen LogP contribution >= 0.6 is 0 Å². The van der Waals surface area contributed by atoms with Crippen LogP contribution in [0.2, 0.25) is 6.82 Å². The number of carboxylic acids is 1. The van der Waals surface area contributed by atoms with E-state index < -0.39 is 19.1 Å². The summed E-state index contributed by atoms with van der Waals surface area (Å²) in [7, 11) is -0.751. The summed E-state index contributed by atoms with van der Waals surface area (Å²) in [5, 5.41) is 21.6. The Kier molecular flexibility index (Phi) is 4.10. The minimum Gasteiger partial charge on any atom is -0.480 e. The lowest BCUT2D eigenvalue weighted by Gasteiger charge is -2.45. The van der Waals surface area contributed by atoms with E-state index in [-0.39, 0.29) is 5.92 Å². The number of carbonyl (C=O) groups is 1. The molecule has 0 saturated heterocycles. The van der Waals surface area contributed by atoms with Gasteiger partial charge in [0, 0.05) is 0 Å². The molecule has 0 aromatic rings. The first-order valence-electron chi connectivity index (χ1n) is 6.76. The molecule has 5 heteroatoms. The van der Waals surface area contributed by atoms with Crippen LogP contribution in [0.1, 0.15) is 38.5 Å². The monoisotopic (exact) mass is 239 g/mol. The van der Waals surface area contributed by atoms with Crippen molar-refractivity contribution < 1.29 is 14.9 Å². The molecule has 2 saturated carbocycles. The summed E-state index contributed by atoms with van der Waals surface area (Å²) in [6.45, 7) is 1.59. The van der Waals surface area contributed by atoms with Crippen molar-refractivity contribution in [2.45, 2.75) is 51.4 Å². The van der Waals surface area contributed by atoms with Crippen LogP contribution < -0.4 is 5.23 Å². The van der Waals surface area contributed by atoms with Crippen LogP contribution in [0.5, 0.6) is 0 Å². The third-order valence-electron chi connectivity index (χ3n) is 4.46. The molecule has 0 spiro atoms. The predicted molar refractivity (Wildman–Crippen MR) is 66.6 cm³/mol. The second-order valence-electron chi connectivity index (χ2n) is 5.62. The lowest BCUT2D eigenvalue weighted by Crippen LogP contribution is -2.54. The Morgan fingerprint density at radius 1 is 1.24 bits per heavy atom. The first kappa shape index (κ1) is 12.9. The molecule has 2 aliphatic rings. The molecule has 0 aromatic carbocycles. The van der Waals surface area contributed by atoms with Gasteiger partial charge in [0.25, 0.3) is 0 Å². The van der Waals surface area contributed by atoms with Crippen LogP contribution in [0.15, 0.2) is 0 Å². The largest absolute Gasteiger partial charge is 0.480 e. The number of hydrogen-bond donors (Lipinski definition) is 3. The van der Waals surface area contributed by atoms with Gasteiger partial charge in [0.15, 0.2) is 0 Å². The van der Waals surface area contributed by atoms with Gasteiger partial charge in [-0.1, -0.05) is 38.5 Å². The average molecular weight is 239 g/mol. The van der Waals surface area contributed by atoms with Crippen LogP contribution in [0, 0.1) is 17.8 Å². The zero-order chi connectivity index (χ0) is 12.4. The third kappa shape index (κ3) is 2.83. The summed E-state index contributed by atoms with van der Waals surface area (Å²) in [6, 6.07) is -0.578. The molecule has 1 unspecified atom stereocenters. The van der Waals surface area contributed by atoms with E-state index in [0.717, 1.165) is 25.7 Å². The Hall–Kier alpha value is -0.545. The van der Waals surface area contributed by atoms with Crippen LogP contribution in [-0.2, 0) is 4.79 Å². The molecule has 17 heavy (non-hydrogen) atoms. The predicted octanol–water partition coefficient (Wildman–Crippen LogP) is 1.36. The summed E-state index contributed by atoms with van der Waals surface area (Å²) < 4.78 is 0. The Morgan fingerprint density at radius 3 is 1.94 bits per heavy atom. The van der Waals surface area contributed by atoms with Crippen molar-refractivity contribution in [2.75, 3.05) is 0 Å². The molecule has 2 fully saturated rings. The molecule has 1 atom stereocenters. The van der Waals surface area contributed by atoms with Gasteiger partial charge in [-0.25, -0.2) is 0 Å². The van der Waals surface area contributed by atoms with Gasteiger partial charge in [-0.3, -0.25) is 4.79 Å². The summed E-state index contributed by atoms with van der Waals surface area (Å²) in [5.74, 6) is 0.500. The molecule has 4 nitrogen and oxygen atoms in total. The van der Waals surface area contributed by atoms with E-state index >= 15 is 0 Å². The van der Waals surface area contributed by atoms with Gasteiger partial charge in [0.1, 0.15) is 6.04 Å². The lowest BCUT2D eigenvalue weighted by atomic mass is 9.61. The van der Waals surface area contributed by atoms with Crippen LogP contribution in [0.4, 0.5) is 0 Å². The molecule has 0 amide bonds. The molecular formula is C12H22BNO3. The van der Waals surface area contributed by atoms with E-state index in [1.807, 2.05) is 0 Å². The average Bonchev–Trinajstić information content (AvgIpc) is 2.06. The fourth-order valence-corrected chi connectivity index (χ4v) is 3.19. The molecular weight excluding hydrogens is 217 g/mol. The number of hydrogen-bond acceptors (Lipinski definition) is 3. The van der Waals surface area contributed by atoms with Crippen molar-refractivity contribution in [1.82, 2.24) is 5.23 Å². The van der Waals surface area contributed by atoms with Gasteiger partial charge < -0.3 is 15.4 Å². The summed E-state index contributed by atoms with van der Waals surface area (Å²) >= 11 is 0. The van der Waals surface area contributed by atoms with E-state index in [4.69, 9.17) is 0 Å². The van der Waals surface area contributed by atoms with Crippen molar-refractivity contribution in [3.8, 4) is 0 Å². The fraction of sp³-hybridized carbons (Fsp3) is 0.917. The maximum atomic E-state index is 11.4. The van der Waals surface area contributed by atoms with Crippen molar-refractivity contribution in [3.63, 3.8) is 0 Å². The Labute approximate surface area is 103 Å². The zero-order valence-electron chi connectivity index (χ0n) is 10.4. The maximum absolute atomic E-state index is 11.4. The van der Waals surface area contributed by atoms with Crippen LogP contribution in [0.25, 0.3) is 0 Å². The van der Waals surface area contributed by atoms with E-state index in [9.17, 15) is 14.9 Å². The molecule has 0 aromatic heterocycles. The second-order valence-corrected chi connectivity index (χ2v) is 5.62. The minimum atomic E-state index is -0.810. The quantitative estimate of drug-likeness (QED) is 0.612. The molecule has 0 aliphatic heterocycles. The fourth-order valence-electron chi connectivity index (χ4n) is 3.19. The number of carboxylic acid groups (broad SMARTS) is 1. The summed E-state index contributed by atoms with van der Waals surface area (Å²) in [4.78, 5) is 11.4. The molecule has 0 heterocycles. The smallest absolute Gasteiger partial charge is 0.374 e. The normalized spacial score (nSPS) is 23.0. The number of aliphatic carboxylic acids is 1. The van der Waals surface area contributed by atoms with Gasteiger partial charge in [-0.2, -0.15) is 0 Å². The van der Waals surface area contributed by atoms with E-state index in [2.05, 4.69) is 5.23 Å². The minimum absolute atomic E-state index is 0.213. The first-order valence-corrected chi connectivity index (χ1v) is 6.76. The highest BCUT2D eigenvalue weighted by Crippen LogP contribution is 2.46. The van der Waals surface area contributed by atoms with Crippen LogP contribution in [0.3, 0.4) is 0 Å². The highest BCUT2D eigenvalue weighted by Gasteiger charge is 2.43. The molecule has 0 bridgehead atoms. The highest BCUT2D eigenvalue weighted by atomic mass is 16.4. The van der Waals surface area contributed by atoms with Crippen molar-refractivity contribution >= 4 is 13.0 Å². The highest BCUT2D eigenvalue weighted by molar-refractivity contribution is 6.46. The Bertz CT molecular complexity index is 263. The molecule has 2 aliphatic carbocycles. The SMILES string of the molecule is CB(O)NC(C(=O)O)C(C1CCC1)C1CCC1.